The summed E-state index contributed by atoms with van der Waals surface area (Å²) in [5.74, 6) is -0.200. The number of aryl methyl sites for hydroxylation is 1. The van der Waals surface area contributed by atoms with Crippen LogP contribution in [-0.4, -0.2) is 17.2 Å². The minimum absolute atomic E-state index is 0.135. The van der Waals surface area contributed by atoms with Crippen molar-refractivity contribution in [2.24, 2.45) is 0 Å². The van der Waals surface area contributed by atoms with E-state index in [0.29, 0.717) is 0 Å². The Morgan fingerprint density at radius 1 is 1.22 bits per heavy atom. The number of halogens is 1. The van der Waals surface area contributed by atoms with Crippen LogP contribution in [0, 0.1) is 12.7 Å². The summed E-state index contributed by atoms with van der Waals surface area (Å²) in [6, 6.07) is 5.22. The van der Waals surface area contributed by atoms with Gasteiger partial charge in [0.25, 0.3) is 0 Å². The average Bonchev–Trinajstić information content (AvgIpc) is 2.31. The first-order valence-electron chi connectivity index (χ1n) is 6.42. The molecular formula is C15H22FNO. The maximum absolute atomic E-state index is 13.4. The quantitative estimate of drug-likeness (QED) is 0.861. The van der Waals surface area contributed by atoms with Crippen molar-refractivity contribution in [2.75, 3.05) is 5.32 Å². The van der Waals surface area contributed by atoms with Gasteiger partial charge >= 0.3 is 0 Å². The lowest BCUT2D eigenvalue weighted by Gasteiger charge is -2.28. The summed E-state index contributed by atoms with van der Waals surface area (Å²) in [5, 5.41) is 3.40. The standard InChI is InChI=1S/C15H22FNO/c1-10-6-11(16)8-12(7-10)17-13-9-14(2,3)18-15(13,4)5/h6-8,13,17H,9H2,1-5H3. The summed E-state index contributed by atoms with van der Waals surface area (Å²) in [5.41, 5.74) is 1.37. The van der Waals surface area contributed by atoms with E-state index in [1.807, 2.05) is 13.0 Å². The summed E-state index contributed by atoms with van der Waals surface area (Å²) in [4.78, 5) is 0. The van der Waals surface area contributed by atoms with E-state index < -0.39 is 0 Å². The summed E-state index contributed by atoms with van der Waals surface area (Å²) in [6.45, 7) is 10.2. The molecule has 0 saturated carbocycles. The Balaban J connectivity index is 2.19. The zero-order valence-corrected chi connectivity index (χ0v) is 11.8. The third-order valence-corrected chi connectivity index (χ3v) is 3.46. The van der Waals surface area contributed by atoms with E-state index in [1.54, 1.807) is 0 Å². The van der Waals surface area contributed by atoms with E-state index in [2.05, 4.69) is 33.0 Å². The van der Waals surface area contributed by atoms with Gasteiger partial charge in [0.15, 0.2) is 0 Å². The number of ether oxygens (including phenoxy) is 1. The van der Waals surface area contributed by atoms with Crippen molar-refractivity contribution in [3.63, 3.8) is 0 Å². The van der Waals surface area contributed by atoms with E-state index in [-0.39, 0.29) is 23.1 Å². The van der Waals surface area contributed by atoms with Crippen molar-refractivity contribution < 1.29 is 9.13 Å². The zero-order valence-electron chi connectivity index (χ0n) is 11.8. The number of nitrogens with one attached hydrogen (secondary N) is 1. The lowest BCUT2D eigenvalue weighted by atomic mass is 9.94. The van der Waals surface area contributed by atoms with Crippen LogP contribution in [0.2, 0.25) is 0 Å². The van der Waals surface area contributed by atoms with Crippen LogP contribution in [0.1, 0.15) is 39.7 Å². The first-order valence-corrected chi connectivity index (χ1v) is 6.42. The molecule has 18 heavy (non-hydrogen) atoms. The number of hydrogen-bond acceptors (Lipinski definition) is 2. The first-order chi connectivity index (χ1) is 8.18. The molecule has 1 aliphatic rings. The first kappa shape index (κ1) is 13.3. The Labute approximate surface area is 109 Å². The molecule has 1 aliphatic heterocycles. The van der Waals surface area contributed by atoms with Crippen molar-refractivity contribution >= 4 is 5.69 Å². The van der Waals surface area contributed by atoms with Crippen molar-refractivity contribution in [1.82, 2.24) is 0 Å². The van der Waals surface area contributed by atoms with Crippen molar-refractivity contribution in [2.45, 2.75) is 58.3 Å². The summed E-state index contributed by atoms with van der Waals surface area (Å²) in [6.07, 6.45) is 0.912. The molecule has 3 heteroatoms. The fraction of sp³-hybridized carbons (Fsp3) is 0.600. The van der Waals surface area contributed by atoms with E-state index in [4.69, 9.17) is 4.74 Å². The predicted octanol–water partition coefficient (Wildman–Crippen LogP) is 3.89. The Kier molecular flexibility index (Phi) is 3.14. The van der Waals surface area contributed by atoms with E-state index in [0.717, 1.165) is 17.7 Å². The molecule has 0 spiro atoms. The molecular weight excluding hydrogens is 229 g/mol. The second kappa shape index (κ2) is 4.23. The van der Waals surface area contributed by atoms with Gasteiger partial charge in [-0.1, -0.05) is 0 Å². The van der Waals surface area contributed by atoms with Gasteiger partial charge in [0.2, 0.25) is 0 Å². The zero-order chi connectivity index (χ0) is 13.6. The van der Waals surface area contributed by atoms with Gasteiger partial charge in [-0.05, 0) is 64.8 Å². The minimum atomic E-state index is -0.246. The largest absolute Gasteiger partial charge is 0.379 e. The summed E-state index contributed by atoms with van der Waals surface area (Å²) in [7, 11) is 0. The van der Waals surface area contributed by atoms with Gasteiger partial charge in [-0.2, -0.15) is 0 Å². The Hall–Kier alpha value is -1.09. The number of anilines is 1. The fourth-order valence-electron chi connectivity index (χ4n) is 2.81. The van der Waals surface area contributed by atoms with Crippen molar-refractivity contribution in [1.29, 1.82) is 0 Å². The molecule has 0 aromatic heterocycles. The second-order valence-corrected chi connectivity index (χ2v) is 6.38. The number of hydrogen-bond donors (Lipinski definition) is 1. The van der Waals surface area contributed by atoms with Gasteiger partial charge in [-0.15, -0.1) is 0 Å². The van der Waals surface area contributed by atoms with Crippen LogP contribution in [0.25, 0.3) is 0 Å². The molecule has 1 aromatic rings. The average molecular weight is 251 g/mol. The van der Waals surface area contributed by atoms with Crippen LogP contribution >= 0.6 is 0 Å². The molecule has 1 aromatic carbocycles. The molecule has 2 nitrogen and oxygen atoms in total. The highest BCUT2D eigenvalue weighted by Crippen LogP contribution is 2.38. The van der Waals surface area contributed by atoms with Crippen LogP contribution in [0.4, 0.5) is 10.1 Å². The highest BCUT2D eigenvalue weighted by molar-refractivity contribution is 5.47. The second-order valence-electron chi connectivity index (χ2n) is 6.38. The Morgan fingerprint density at radius 3 is 2.39 bits per heavy atom. The molecule has 0 radical (unpaired) electrons. The van der Waals surface area contributed by atoms with Crippen LogP contribution in [0.3, 0.4) is 0 Å². The predicted molar refractivity (Wildman–Crippen MR) is 72.4 cm³/mol. The summed E-state index contributed by atoms with van der Waals surface area (Å²) >= 11 is 0. The van der Waals surface area contributed by atoms with E-state index in [1.165, 1.54) is 12.1 Å². The Morgan fingerprint density at radius 2 is 1.89 bits per heavy atom. The van der Waals surface area contributed by atoms with Gasteiger partial charge in [0, 0.05) is 5.69 Å². The van der Waals surface area contributed by atoms with Crippen LogP contribution in [-0.2, 0) is 4.74 Å². The van der Waals surface area contributed by atoms with Gasteiger partial charge in [0.1, 0.15) is 5.82 Å². The number of benzene rings is 1. The normalized spacial score (nSPS) is 25.1. The highest BCUT2D eigenvalue weighted by atomic mass is 19.1. The topological polar surface area (TPSA) is 21.3 Å². The van der Waals surface area contributed by atoms with Gasteiger partial charge in [-0.25, -0.2) is 4.39 Å². The lowest BCUT2D eigenvalue weighted by Crippen LogP contribution is -2.38. The summed E-state index contributed by atoms with van der Waals surface area (Å²) < 4.78 is 19.4. The van der Waals surface area contributed by atoms with Gasteiger partial charge in [0.05, 0.1) is 17.2 Å². The van der Waals surface area contributed by atoms with Gasteiger partial charge < -0.3 is 10.1 Å². The fourth-order valence-corrected chi connectivity index (χ4v) is 2.81. The van der Waals surface area contributed by atoms with Crippen LogP contribution in [0.5, 0.6) is 0 Å². The molecule has 100 valence electrons. The van der Waals surface area contributed by atoms with Crippen molar-refractivity contribution in [3.8, 4) is 0 Å². The third kappa shape index (κ3) is 2.83. The van der Waals surface area contributed by atoms with Crippen LogP contribution < -0.4 is 5.32 Å². The lowest BCUT2D eigenvalue weighted by molar-refractivity contribution is -0.0662. The maximum atomic E-state index is 13.4. The SMILES string of the molecule is Cc1cc(F)cc(NC2CC(C)(C)OC2(C)C)c1. The van der Waals surface area contributed by atoms with E-state index >= 15 is 0 Å². The molecule has 0 bridgehead atoms. The molecule has 2 rings (SSSR count). The van der Waals surface area contributed by atoms with Crippen molar-refractivity contribution in [3.05, 3.63) is 29.6 Å². The highest BCUT2D eigenvalue weighted by Gasteiger charge is 2.45. The molecule has 0 aliphatic carbocycles. The molecule has 1 fully saturated rings. The van der Waals surface area contributed by atoms with Gasteiger partial charge in [-0.3, -0.25) is 0 Å². The maximum Gasteiger partial charge on any atom is 0.125 e. The monoisotopic (exact) mass is 251 g/mol. The number of rotatable bonds is 2. The van der Waals surface area contributed by atoms with E-state index in [9.17, 15) is 4.39 Å². The smallest absolute Gasteiger partial charge is 0.125 e. The molecule has 1 heterocycles. The molecule has 0 amide bonds. The molecule has 1 N–H and O–H groups in total. The molecule has 1 atom stereocenters. The Bertz CT molecular complexity index is 434. The third-order valence-electron chi connectivity index (χ3n) is 3.46. The minimum Gasteiger partial charge on any atom is -0.379 e. The molecule has 1 unspecified atom stereocenters. The van der Waals surface area contributed by atoms with Crippen LogP contribution in [0.15, 0.2) is 18.2 Å². The molecule has 1 saturated heterocycles.